The molecule has 0 fully saturated rings. The van der Waals surface area contributed by atoms with E-state index in [1.807, 2.05) is 6.08 Å². The maximum atomic E-state index is 6.42. The standard InChI is InChI=1S/C16H34OSi/c1-9-11-12-14(3)13-15(10-2)17-18(7,8)16(4,5)6/h10,14-15H,2,9,11-13H2,1,3-8H3. The molecule has 0 radical (unpaired) electrons. The average molecular weight is 271 g/mol. The van der Waals surface area contributed by atoms with Crippen molar-refractivity contribution in [3.8, 4) is 0 Å². The van der Waals surface area contributed by atoms with E-state index in [1.54, 1.807) is 0 Å². The van der Waals surface area contributed by atoms with Gasteiger partial charge in [0, 0.05) is 0 Å². The first-order chi connectivity index (χ1) is 8.14. The normalized spacial score (nSPS) is 16.4. The largest absolute Gasteiger partial charge is 0.411 e. The quantitative estimate of drug-likeness (QED) is 0.401. The van der Waals surface area contributed by atoms with Gasteiger partial charge < -0.3 is 4.43 Å². The van der Waals surface area contributed by atoms with E-state index < -0.39 is 8.32 Å². The molecule has 0 amide bonds. The van der Waals surface area contributed by atoms with E-state index in [0.717, 1.165) is 12.3 Å². The van der Waals surface area contributed by atoms with E-state index in [9.17, 15) is 0 Å². The summed E-state index contributed by atoms with van der Waals surface area (Å²) in [4.78, 5) is 0. The molecule has 2 unspecified atom stereocenters. The molecule has 0 saturated carbocycles. The Labute approximate surface area is 116 Å². The molecule has 0 aromatic heterocycles. The molecule has 18 heavy (non-hydrogen) atoms. The molecular formula is C16H34OSi. The number of rotatable bonds is 8. The minimum Gasteiger partial charge on any atom is -0.411 e. The summed E-state index contributed by atoms with van der Waals surface area (Å²) < 4.78 is 6.42. The van der Waals surface area contributed by atoms with Crippen LogP contribution < -0.4 is 0 Å². The van der Waals surface area contributed by atoms with Gasteiger partial charge in [-0.25, -0.2) is 0 Å². The van der Waals surface area contributed by atoms with Crippen LogP contribution in [0.2, 0.25) is 18.1 Å². The number of hydrogen-bond acceptors (Lipinski definition) is 1. The second kappa shape index (κ2) is 7.49. The minimum absolute atomic E-state index is 0.234. The number of unbranched alkanes of at least 4 members (excludes halogenated alkanes) is 1. The Morgan fingerprint density at radius 1 is 1.28 bits per heavy atom. The lowest BCUT2D eigenvalue weighted by molar-refractivity contribution is 0.191. The van der Waals surface area contributed by atoms with Crippen molar-refractivity contribution in [3.63, 3.8) is 0 Å². The molecule has 0 aromatic rings. The van der Waals surface area contributed by atoms with Gasteiger partial charge in [-0.05, 0) is 30.5 Å². The second-order valence-electron chi connectivity index (χ2n) is 7.14. The molecule has 0 rings (SSSR count). The SMILES string of the molecule is C=CC(CC(C)CCCC)O[Si](C)(C)C(C)(C)C. The zero-order valence-corrected chi connectivity index (χ0v) is 14.7. The van der Waals surface area contributed by atoms with Gasteiger partial charge in [-0.3, -0.25) is 0 Å². The molecule has 0 heterocycles. The van der Waals surface area contributed by atoms with Crippen LogP contribution in [-0.4, -0.2) is 14.4 Å². The van der Waals surface area contributed by atoms with Gasteiger partial charge in [0.2, 0.25) is 0 Å². The van der Waals surface area contributed by atoms with Gasteiger partial charge in [0.25, 0.3) is 0 Å². The van der Waals surface area contributed by atoms with Crippen LogP contribution in [0.4, 0.5) is 0 Å². The van der Waals surface area contributed by atoms with Crippen LogP contribution in [0, 0.1) is 5.92 Å². The fourth-order valence-corrected chi connectivity index (χ4v) is 3.12. The van der Waals surface area contributed by atoms with Crippen molar-refractivity contribution in [3.05, 3.63) is 12.7 Å². The van der Waals surface area contributed by atoms with Gasteiger partial charge in [0.05, 0.1) is 6.10 Å². The molecule has 0 aliphatic heterocycles. The van der Waals surface area contributed by atoms with E-state index in [0.29, 0.717) is 0 Å². The van der Waals surface area contributed by atoms with Crippen LogP contribution in [0.15, 0.2) is 12.7 Å². The lowest BCUT2D eigenvalue weighted by atomic mass is 9.98. The van der Waals surface area contributed by atoms with Gasteiger partial charge in [0.1, 0.15) is 0 Å². The Hall–Kier alpha value is -0.0831. The summed E-state index contributed by atoms with van der Waals surface area (Å²) in [5.41, 5.74) is 0. The van der Waals surface area contributed by atoms with Crippen LogP contribution >= 0.6 is 0 Å². The monoisotopic (exact) mass is 270 g/mol. The molecule has 0 N–H and O–H groups in total. The molecule has 0 aliphatic rings. The molecule has 0 aromatic carbocycles. The van der Waals surface area contributed by atoms with Crippen molar-refractivity contribution in [2.24, 2.45) is 5.92 Å². The lowest BCUT2D eigenvalue weighted by Gasteiger charge is -2.39. The number of hydrogen-bond donors (Lipinski definition) is 0. The van der Waals surface area contributed by atoms with E-state index >= 15 is 0 Å². The zero-order chi connectivity index (χ0) is 14.4. The predicted octanol–water partition coefficient (Wildman–Crippen LogP) is 5.78. The fourth-order valence-electron chi connectivity index (χ4n) is 1.81. The van der Waals surface area contributed by atoms with Crippen molar-refractivity contribution in [1.82, 2.24) is 0 Å². The topological polar surface area (TPSA) is 9.23 Å². The molecule has 0 aliphatic carbocycles. The summed E-state index contributed by atoms with van der Waals surface area (Å²) in [6.45, 7) is 20.1. The summed E-state index contributed by atoms with van der Waals surface area (Å²) >= 11 is 0. The van der Waals surface area contributed by atoms with Gasteiger partial charge in [0.15, 0.2) is 8.32 Å². The Morgan fingerprint density at radius 3 is 2.22 bits per heavy atom. The van der Waals surface area contributed by atoms with Crippen molar-refractivity contribution in [1.29, 1.82) is 0 Å². The molecule has 108 valence electrons. The first kappa shape index (κ1) is 17.9. The third-order valence-corrected chi connectivity index (χ3v) is 8.70. The molecule has 1 nitrogen and oxygen atoms in total. The molecule has 0 bridgehead atoms. The maximum Gasteiger partial charge on any atom is 0.192 e. The van der Waals surface area contributed by atoms with Crippen LogP contribution in [0.25, 0.3) is 0 Å². The van der Waals surface area contributed by atoms with Gasteiger partial charge in [-0.15, -0.1) is 6.58 Å². The highest BCUT2D eigenvalue weighted by atomic mass is 28.4. The van der Waals surface area contributed by atoms with Gasteiger partial charge in [-0.2, -0.15) is 0 Å². The van der Waals surface area contributed by atoms with E-state index in [-0.39, 0.29) is 11.1 Å². The van der Waals surface area contributed by atoms with Gasteiger partial charge >= 0.3 is 0 Å². The molecule has 2 heteroatoms. The van der Waals surface area contributed by atoms with E-state index in [4.69, 9.17) is 4.43 Å². The van der Waals surface area contributed by atoms with Crippen LogP contribution in [0.3, 0.4) is 0 Å². The third kappa shape index (κ3) is 6.19. The predicted molar refractivity (Wildman–Crippen MR) is 85.6 cm³/mol. The van der Waals surface area contributed by atoms with Crippen molar-refractivity contribution >= 4 is 8.32 Å². The Morgan fingerprint density at radius 2 is 1.83 bits per heavy atom. The van der Waals surface area contributed by atoms with Crippen LogP contribution in [0.1, 0.15) is 60.3 Å². The summed E-state index contributed by atoms with van der Waals surface area (Å²) in [5.74, 6) is 0.734. The first-order valence-corrected chi connectivity index (χ1v) is 10.3. The van der Waals surface area contributed by atoms with Crippen molar-refractivity contribution in [2.45, 2.75) is 84.5 Å². The maximum absolute atomic E-state index is 6.42. The molecular weight excluding hydrogens is 236 g/mol. The van der Waals surface area contributed by atoms with E-state index in [1.165, 1.54) is 19.3 Å². The summed E-state index contributed by atoms with van der Waals surface area (Å²) in [6, 6.07) is 0. The van der Waals surface area contributed by atoms with Crippen LogP contribution in [-0.2, 0) is 4.43 Å². The summed E-state index contributed by atoms with van der Waals surface area (Å²) in [7, 11) is -1.66. The highest BCUT2D eigenvalue weighted by Gasteiger charge is 2.38. The second-order valence-corrected chi connectivity index (χ2v) is 11.9. The van der Waals surface area contributed by atoms with Crippen molar-refractivity contribution in [2.75, 3.05) is 0 Å². The highest BCUT2D eigenvalue weighted by Crippen LogP contribution is 2.38. The summed E-state index contributed by atoms with van der Waals surface area (Å²) in [6.07, 6.45) is 7.27. The lowest BCUT2D eigenvalue weighted by Crippen LogP contribution is -2.43. The summed E-state index contributed by atoms with van der Waals surface area (Å²) in [5, 5.41) is 0.279. The molecule has 2 atom stereocenters. The molecule has 0 saturated heterocycles. The highest BCUT2D eigenvalue weighted by molar-refractivity contribution is 6.74. The van der Waals surface area contributed by atoms with Crippen molar-refractivity contribution < 1.29 is 4.43 Å². The Balaban J connectivity index is 4.39. The average Bonchev–Trinajstić information content (AvgIpc) is 2.23. The van der Waals surface area contributed by atoms with Gasteiger partial charge in [-0.1, -0.05) is 60.0 Å². The molecule has 0 spiro atoms. The van der Waals surface area contributed by atoms with Crippen LogP contribution in [0.5, 0.6) is 0 Å². The minimum atomic E-state index is -1.66. The Bertz CT molecular complexity index is 240. The first-order valence-electron chi connectivity index (χ1n) is 7.44. The fraction of sp³-hybridized carbons (Fsp3) is 0.875. The smallest absolute Gasteiger partial charge is 0.192 e. The van der Waals surface area contributed by atoms with E-state index in [2.05, 4.69) is 54.3 Å². The zero-order valence-electron chi connectivity index (χ0n) is 13.7. The third-order valence-electron chi connectivity index (χ3n) is 4.20. The Kier molecular flexibility index (Phi) is 7.46.